The Bertz CT molecular complexity index is 598. The average Bonchev–Trinajstić information content (AvgIpc) is 2.56. The second-order valence-electron chi connectivity index (χ2n) is 4.92. The van der Waals surface area contributed by atoms with Crippen molar-refractivity contribution in [3.05, 3.63) is 53.6 Å². The van der Waals surface area contributed by atoms with Crippen LogP contribution in [0.15, 0.2) is 42.5 Å². The lowest BCUT2D eigenvalue weighted by atomic mass is 10.1. The molecule has 23 heavy (non-hydrogen) atoms. The fraction of sp³-hybridized carbons (Fsp3) is 0.368. The molecule has 1 aromatic carbocycles. The molecular weight excluding hydrogens is 288 g/mol. The van der Waals surface area contributed by atoms with Gasteiger partial charge in [-0.2, -0.15) is 5.26 Å². The third kappa shape index (κ3) is 6.84. The summed E-state index contributed by atoms with van der Waals surface area (Å²) in [7, 11) is 1.67. The lowest BCUT2D eigenvalue weighted by Crippen LogP contribution is -2.28. The van der Waals surface area contributed by atoms with Crippen LogP contribution in [0.2, 0.25) is 0 Å². The minimum Gasteiger partial charge on any atom is -0.507 e. The molecule has 0 aliphatic carbocycles. The number of rotatable bonds is 6. The van der Waals surface area contributed by atoms with E-state index in [0.29, 0.717) is 12.1 Å². The van der Waals surface area contributed by atoms with Gasteiger partial charge in [0.15, 0.2) is 0 Å². The number of nitriles is 1. The molecule has 124 valence electrons. The number of carbonyl (C=O) groups excluding carboxylic acids is 1. The second-order valence-corrected chi connectivity index (χ2v) is 4.92. The van der Waals surface area contributed by atoms with Crippen LogP contribution >= 0.6 is 0 Å². The Morgan fingerprint density at radius 2 is 2.04 bits per heavy atom. The second kappa shape index (κ2) is 11.1. The molecule has 1 rings (SSSR count). The fourth-order valence-corrected chi connectivity index (χ4v) is 1.94. The predicted octanol–water partition coefficient (Wildman–Crippen LogP) is 4.27. The van der Waals surface area contributed by atoms with E-state index < -0.39 is 0 Å². The maximum Gasteiger partial charge on any atom is 0.257 e. The fourth-order valence-electron chi connectivity index (χ4n) is 1.94. The van der Waals surface area contributed by atoms with Crippen LogP contribution in [0.3, 0.4) is 0 Å². The average molecular weight is 314 g/mol. The van der Waals surface area contributed by atoms with Crippen molar-refractivity contribution in [3.8, 4) is 11.8 Å². The number of aromatic hydroxyl groups is 1. The van der Waals surface area contributed by atoms with Gasteiger partial charge in [-0.1, -0.05) is 31.6 Å². The summed E-state index contributed by atoms with van der Waals surface area (Å²) in [6.45, 7) is 10.1. The zero-order valence-corrected chi connectivity index (χ0v) is 14.5. The van der Waals surface area contributed by atoms with E-state index in [1.807, 2.05) is 32.9 Å². The van der Waals surface area contributed by atoms with Gasteiger partial charge in [-0.3, -0.25) is 4.79 Å². The van der Waals surface area contributed by atoms with Gasteiger partial charge in [0.25, 0.3) is 5.91 Å². The van der Waals surface area contributed by atoms with Crippen molar-refractivity contribution in [2.75, 3.05) is 13.6 Å². The van der Waals surface area contributed by atoms with Crippen molar-refractivity contribution in [2.45, 2.75) is 33.6 Å². The quantitative estimate of drug-likeness (QED) is 0.630. The molecule has 0 spiro atoms. The van der Waals surface area contributed by atoms with Crippen molar-refractivity contribution in [1.82, 2.24) is 4.90 Å². The van der Waals surface area contributed by atoms with Gasteiger partial charge >= 0.3 is 0 Å². The Balaban J connectivity index is 0.00000232. The van der Waals surface area contributed by atoms with E-state index in [4.69, 9.17) is 5.26 Å². The zero-order chi connectivity index (χ0) is 17.8. The lowest BCUT2D eigenvalue weighted by Gasteiger charge is -2.18. The summed E-state index contributed by atoms with van der Waals surface area (Å²) < 4.78 is 0. The standard InChI is InChI=1S/C17H20N2O2.C2H6/c1-4-5-6-7-13(2)12-19(3)17(21)15-10-14(11-18)8-9-16(15)20;1-2/h4,7-10,20H,1,5-6,12H2,2-3H3;1-2H3/b13-7+;. The molecule has 0 unspecified atom stereocenters. The van der Waals surface area contributed by atoms with Crippen LogP contribution in [0, 0.1) is 11.3 Å². The van der Waals surface area contributed by atoms with E-state index >= 15 is 0 Å². The number of phenols is 1. The van der Waals surface area contributed by atoms with Crippen LogP contribution in [-0.4, -0.2) is 29.5 Å². The lowest BCUT2D eigenvalue weighted by molar-refractivity contribution is 0.0803. The van der Waals surface area contributed by atoms with Crippen LogP contribution in [0.25, 0.3) is 0 Å². The third-order valence-corrected chi connectivity index (χ3v) is 3.05. The molecule has 4 heteroatoms. The van der Waals surface area contributed by atoms with E-state index in [9.17, 15) is 9.90 Å². The summed E-state index contributed by atoms with van der Waals surface area (Å²) in [6, 6.07) is 6.21. The molecule has 0 bridgehead atoms. The number of benzene rings is 1. The van der Waals surface area contributed by atoms with Crippen LogP contribution in [0.1, 0.15) is 49.5 Å². The van der Waals surface area contributed by atoms with Crippen molar-refractivity contribution < 1.29 is 9.90 Å². The number of carbonyl (C=O) groups is 1. The van der Waals surface area contributed by atoms with Gasteiger partial charge in [0, 0.05) is 13.6 Å². The van der Waals surface area contributed by atoms with E-state index in [1.54, 1.807) is 7.05 Å². The highest BCUT2D eigenvalue weighted by Crippen LogP contribution is 2.20. The number of hydrogen-bond acceptors (Lipinski definition) is 3. The van der Waals surface area contributed by atoms with Gasteiger partial charge in [-0.25, -0.2) is 0 Å². The minimum absolute atomic E-state index is 0.112. The van der Waals surface area contributed by atoms with Gasteiger partial charge in [0.05, 0.1) is 17.2 Å². The van der Waals surface area contributed by atoms with E-state index in [2.05, 4.69) is 12.7 Å². The summed E-state index contributed by atoms with van der Waals surface area (Å²) in [4.78, 5) is 13.8. The Morgan fingerprint density at radius 1 is 1.39 bits per heavy atom. The summed E-state index contributed by atoms with van der Waals surface area (Å²) in [6.07, 6.45) is 5.72. The zero-order valence-electron chi connectivity index (χ0n) is 14.5. The maximum atomic E-state index is 12.3. The highest BCUT2D eigenvalue weighted by molar-refractivity contribution is 5.97. The molecule has 0 aliphatic heterocycles. The number of nitrogens with zero attached hydrogens (tertiary/aromatic N) is 2. The van der Waals surface area contributed by atoms with Crippen LogP contribution in [0.4, 0.5) is 0 Å². The largest absolute Gasteiger partial charge is 0.507 e. The first-order chi connectivity index (χ1) is 11.0. The molecule has 1 aromatic rings. The molecule has 0 saturated carbocycles. The van der Waals surface area contributed by atoms with Crippen molar-refractivity contribution in [1.29, 1.82) is 5.26 Å². The Labute approximate surface area is 139 Å². The SMILES string of the molecule is C=CCC/C=C(\C)CN(C)C(=O)c1cc(C#N)ccc1O.CC. The molecule has 0 aromatic heterocycles. The molecular formula is C19H26N2O2. The highest BCUT2D eigenvalue weighted by Gasteiger charge is 2.16. The summed E-state index contributed by atoms with van der Waals surface area (Å²) in [5, 5.41) is 18.6. The van der Waals surface area contributed by atoms with Crippen LogP contribution < -0.4 is 0 Å². The Kier molecular flexibility index (Phi) is 9.86. The number of phenolic OH excluding ortho intramolecular Hbond substituents is 1. The molecule has 0 atom stereocenters. The molecule has 0 aliphatic rings. The van der Waals surface area contributed by atoms with E-state index in [-0.39, 0.29) is 17.2 Å². The predicted molar refractivity (Wildman–Crippen MR) is 94.3 cm³/mol. The Hall–Kier alpha value is -2.54. The number of hydrogen-bond donors (Lipinski definition) is 1. The smallest absolute Gasteiger partial charge is 0.257 e. The minimum atomic E-state index is -0.305. The molecule has 0 fully saturated rings. The van der Waals surface area contributed by atoms with Gasteiger partial charge in [0.2, 0.25) is 0 Å². The van der Waals surface area contributed by atoms with Gasteiger partial charge in [-0.05, 0) is 38.0 Å². The topological polar surface area (TPSA) is 64.3 Å². The summed E-state index contributed by atoms with van der Waals surface area (Å²) >= 11 is 0. The van der Waals surface area contributed by atoms with Gasteiger partial charge < -0.3 is 10.0 Å². The van der Waals surface area contributed by atoms with Crippen molar-refractivity contribution in [2.24, 2.45) is 0 Å². The number of unbranched alkanes of at least 4 members (excludes halogenated alkanes) is 1. The number of allylic oxidation sites excluding steroid dienone is 2. The monoisotopic (exact) mass is 314 g/mol. The van der Waals surface area contributed by atoms with Gasteiger partial charge in [0.1, 0.15) is 5.75 Å². The van der Waals surface area contributed by atoms with Crippen molar-refractivity contribution in [3.63, 3.8) is 0 Å². The summed E-state index contributed by atoms with van der Waals surface area (Å²) in [5.41, 5.74) is 1.57. The molecule has 1 amide bonds. The number of amides is 1. The normalized spacial score (nSPS) is 10.1. The van der Waals surface area contributed by atoms with Crippen LogP contribution in [0.5, 0.6) is 5.75 Å². The third-order valence-electron chi connectivity index (χ3n) is 3.05. The summed E-state index contributed by atoms with van der Waals surface area (Å²) in [5.74, 6) is -0.416. The Morgan fingerprint density at radius 3 is 2.61 bits per heavy atom. The maximum absolute atomic E-state index is 12.3. The first-order valence-electron chi connectivity index (χ1n) is 7.74. The molecule has 0 heterocycles. The molecule has 1 N–H and O–H groups in total. The molecule has 4 nitrogen and oxygen atoms in total. The first kappa shape index (κ1) is 20.5. The first-order valence-corrected chi connectivity index (χ1v) is 7.74. The molecule has 0 saturated heterocycles. The van der Waals surface area contributed by atoms with Gasteiger partial charge in [-0.15, -0.1) is 6.58 Å². The van der Waals surface area contributed by atoms with E-state index in [1.165, 1.54) is 23.1 Å². The number of likely N-dealkylation sites (N-methyl/N-ethyl adjacent to an activating group) is 1. The van der Waals surface area contributed by atoms with E-state index in [0.717, 1.165) is 18.4 Å². The van der Waals surface area contributed by atoms with Crippen molar-refractivity contribution >= 4 is 5.91 Å². The molecule has 0 radical (unpaired) electrons. The van der Waals surface area contributed by atoms with Crippen LogP contribution in [-0.2, 0) is 0 Å². The highest BCUT2D eigenvalue weighted by atomic mass is 16.3.